The molecule has 0 spiro atoms. The van der Waals surface area contributed by atoms with Crippen LogP contribution in [0.15, 0.2) is 36.5 Å². The lowest BCUT2D eigenvalue weighted by atomic mass is 9.89. The van der Waals surface area contributed by atoms with Gasteiger partial charge >= 0.3 is 0 Å². The first-order valence-electron chi connectivity index (χ1n) is 10.7. The molecule has 2 heterocycles. The van der Waals surface area contributed by atoms with Crippen molar-refractivity contribution < 1.29 is 0 Å². The third-order valence-electron chi connectivity index (χ3n) is 6.26. The number of nitrogens with zero attached hydrogens (tertiary/aromatic N) is 1. The van der Waals surface area contributed by atoms with Gasteiger partial charge < -0.3 is 15.5 Å². The smallest absolute Gasteiger partial charge is 0.0406 e. The second kappa shape index (κ2) is 10.5. The molecule has 0 amide bonds. The van der Waals surface area contributed by atoms with Crippen molar-refractivity contribution >= 4 is 11.6 Å². The number of allylic oxidation sites excluding steroid dienone is 1. The minimum Gasteiger partial charge on any atom is -0.391 e. The fraction of sp³-hybridized carbons (Fsp3) is 0.652. The first-order chi connectivity index (χ1) is 13.1. The van der Waals surface area contributed by atoms with Crippen LogP contribution in [0, 0.1) is 11.8 Å². The Morgan fingerprint density at radius 3 is 2.52 bits per heavy atom. The van der Waals surface area contributed by atoms with E-state index in [1.54, 1.807) is 0 Å². The Morgan fingerprint density at radius 2 is 1.89 bits per heavy atom. The van der Waals surface area contributed by atoms with E-state index in [1.165, 1.54) is 50.9 Å². The molecule has 2 atom stereocenters. The van der Waals surface area contributed by atoms with Gasteiger partial charge in [0.1, 0.15) is 0 Å². The summed E-state index contributed by atoms with van der Waals surface area (Å²) >= 11 is 6.03. The Morgan fingerprint density at radius 1 is 1.15 bits per heavy atom. The van der Waals surface area contributed by atoms with Crippen LogP contribution in [0.3, 0.4) is 0 Å². The lowest BCUT2D eigenvalue weighted by molar-refractivity contribution is 0.175. The molecule has 0 aromatic heterocycles. The predicted molar refractivity (Wildman–Crippen MR) is 116 cm³/mol. The maximum absolute atomic E-state index is 6.03. The Bertz CT molecular complexity index is 576. The first kappa shape index (κ1) is 20.7. The molecule has 0 aliphatic carbocycles. The molecule has 27 heavy (non-hydrogen) atoms. The van der Waals surface area contributed by atoms with Crippen molar-refractivity contribution in [3.63, 3.8) is 0 Å². The van der Waals surface area contributed by atoms with Crippen LogP contribution in [0.2, 0.25) is 5.02 Å². The molecular weight excluding hydrogens is 354 g/mol. The average molecular weight is 390 g/mol. The second-order valence-electron chi connectivity index (χ2n) is 8.58. The summed E-state index contributed by atoms with van der Waals surface area (Å²) in [6.45, 7) is 10.5. The number of benzene rings is 1. The quantitative estimate of drug-likeness (QED) is 0.677. The van der Waals surface area contributed by atoms with Crippen molar-refractivity contribution in [2.24, 2.45) is 11.8 Å². The molecule has 4 heteroatoms. The summed E-state index contributed by atoms with van der Waals surface area (Å²) in [4.78, 5) is 2.66. The van der Waals surface area contributed by atoms with Crippen LogP contribution in [0.4, 0.5) is 0 Å². The highest BCUT2D eigenvalue weighted by Gasteiger charge is 2.24. The first-order valence-corrected chi connectivity index (χ1v) is 11.1. The summed E-state index contributed by atoms with van der Waals surface area (Å²) < 4.78 is 0. The maximum Gasteiger partial charge on any atom is 0.0406 e. The van der Waals surface area contributed by atoms with E-state index in [2.05, 4.69) is 53.8 Å². The highest BCUT2D eigenvalue weighted by Crippen LogP contribution is 2.29. The van der Waals surface area contributed by atoms with Crippen LogP contribution < -0.4 is 10.6 Å². The second-order valence-corrected chi connectivity index (χ2v) is 9.02. The summed E-state index contributed by atoms with van der Waals surface area (Å²) in [6.07, 6.45) is 9.48. The third kappa shape index (κ3) is 6.51. The van der Waals surface area contributed by atoms with E-state index in [9.17, 15) is 0 Å². The molecule has 2 N–H and O–H groups in total. The number of hydrogen-bond donors (Lipinski definition) is 2. The Hall–Kier alpha value is -1.03. The zero-order valence-corrected chi connectivity index (χ0v) is 17.7. The lowest BCUT2D eigenvalue weighted by Gasteiger charge is -2.36. The van der Waals surface area contributed by atoms with Gasteiger partial charge in [0.05, 0.1) is 0 Å². The molecule has 2 aliphatic heterocycles. The highest BCUT2D eigenvalue weighted by atomic mass is 35.5. The average Bonchev–Trinajstić information content (AvgIpc) is 2.69. The van der Waals surface area contributed by atoms with Crippen molar-refractivity contribution in [1.82, 2.24) is 15.5 Å². The van der Waals surface area contributed by atoms with E-state index < -0.39 is 0 Å². The number of rotatable bonds is 8. The van der Waals surface area contributed by atoms with Crippen molar-refractivity contribution in [2.75, 3.05) is 32.7 Å². The van der Waals surface area contributed by atoms with Gasteiger partial charge in [0.25, 0.3) is 0 Å². The van der Waals surface area contributed by atoms with Crippen molar-refractivity contribution in [3.8, 4) is 0 Å². The van der Waals surface area contributed by atoms with Crippen molar-refractivity contribution in [1.29, 1.82) is 0 Å². The van der Waals surface area contributed by atoms with E-state index in [1.807, 2.05) is 12.1 Å². The largest absolute Gasteiger partial charge is 0.391 e. The Labute approximate surface area is 170 Å². The number of halogens is 1. The summed E-state index contributed by atoms with van der Waals surface area (Å²) in [5.74, 6) is 2.10. The standard InChI is InChI=1S/C23H36ClN3/c1-18(2)23(26-14-9-19-7-12-25-13-8-19)17-27-15-10-21(11-16-27)20-3-5-22(24)6-4-20/h3-7,12,18-19,21,23,25-26H,8-11,13-17H2,1-2H3/t19?,23-/m0/s1. The lowest BCUT2D eigenvalue weighted by Crippen LogP contribution is -2.47. The van der Waals surface area contributed by atoms with Crippen molar-refractivity contribution in [2.45, 2.75) is 51.5 Å². The number of nitrogens with one attached hydrogen (secondary N) is 2. The van der Waals surface area contributed by atoms with E-state index in [-0.39, 0.29) is 0 Å². The fourth-order valence-corrected chi connectivity index (χ4v) is 4.45. The molecule has 150 valence electrons. The molecule has 3 rings (SSSR count). The van der Waals surface area contributed by atoms with Gasteiger partial charge in [-0.1, -0.05) is 43.7 Å². The van der Waals surface area contributed by atoms with Gasteiger partial charge in [-0.05, 0) is 87.0 Å². The van der Waals surface area contributed by atoms with Crippen LogP contribution in [-0.4, -0.2) is 43.7 Å². The van der Waals surface area contributed by atoms with Gasteiger partial charge in [0.2, 0.25) is 0 Å². The molecule has 2 aliphatic rings. The zero-order chi connectivity index (χ0) is 19.1. The summed E-state index contributed by atoms with van der Waals surface area (Å²) in [7, 11) is 0. The summed E-state index contributed by atoms with van der Waals surface area (Å²) in [5.41, 5.74) is 1.45. The monoisotopic (exact) mass is 389 g/mol. The molecule has 1 aromatic rings. The van der Waals surface area contributed by atoms with E-state index in [4.69, 9.17) is 11.6 Å². The molecule has 1 unspecified atom stereocenters. The maximum atomic E-state index is 6.03. The van der Waals surface area contributed by atoms with Gasteiger partial charge in [-0.15, -0.1) is 0 Å². The zero-order valence-electron chi connectivity index (χ0n) is 17.0. The van der Waals surface area contributed by atoms with Crippen molar-refractivity contribution in [3.05, 3.63) is 47.1 Å². The van der Waals surface area contributed by atoms with Gasteiger partial charge in [-0.3, -0.25) is 0 Å². The van der Waals surface area contributed by atoms with E-state index >= 15 is 0 Å². The van der Waals surface area contributed by atoms with E-state index in [0.717, 1.165) is 24.0 Å². The number of likely N-dealkylation sites (tertiary alicyclic amines) is 1. The molecule has 1 saturated heterocycles. The van der Waals surface area contributed by atoms with Crippen LogP contribution in [0.5, 0.6) is 0 Å². The Balaban J connectivity index is 1.41. The number of hydrogen-bond acceptors (Lipinski definition) is 3. The highest BCUT2D eigenvalue weighted by molar-refractivity contribution is 6.30. The fourth-order valence-electron chi connectivity index (χ4n) is 4.32. The van der Waals surface area contributed by atoms with Gasteiger partial charge in [0.15, 0.2) is 0 Å². The topological polar surface area (TPSA) is 27.3 Å². The van der Waals surface area contributed by atoms with Gasteiger partial charge in [-0.25, -0.2) is 0 Å². The van der Waals surface area contributed by atoms with Crippen LogP contribution in [-0.2, 0) is 0 Å². The van der Waals surface area contributed by atoms with Crippen LogP contribution in [0.1, 0.15) is 51.0 Å². The van der Waals surface area contributed by atoms with Crippen LogP contribution in [0.25, 0.3) is 0 Å². The van der Waals surface area contributed by atoms with Gasteiger partial charge in [-0.2, -0.15) is 0 Å². The summed E-state index contributed by atoms with van der Waals surface area (Å²) in [6, 6.07) is 9.05. The molecule has 0 saturated carbocycles. The molecule has 0 radical (unpaired) electrons. The SMILES string of the molecule is CC(C)[C@H](CN1CCC(c2ccc(Cl)cc2)CC1)NCCC1C=CNCC1. The normalized spacial score (nSPS) is 22.7. The third-order valence-corrected chi connectivity index (χ3v) is 6.51. The number of piperidine rings is 1. The molecule has 0 bridgehead atoms. The van der Waals surface area contributed by atoms with Gasteiger partial charge in [0, 0.05) is 24.2 Å². The molecular formula is C23H36ClN3. The van der Waals surface area contributed by atoms with Crippen LogP contribution >= 0.6 is 11.6 Å². The Kier molecular flexibility index (Phi) is 8.05. The molecule has 1 aromatic carbocycles. The molecule has 1 fully saturated rings. The predicted octanol–water partition coefficient (Wildman–Crippen LogP) is 4.65. The minimum atomic E-state index is 0.586. The van der Waals surface area contributed by atoms with E-state index in [0.29, 0.717) is 17.9 Å². The summed E-state index contributed by atoms with van der Waals surface area (Å²) in [5, 5.41) is 7.98. The molecule has 3 nitrogen and oxygen atoms in total. The minimum absolute atomic E-state index is 0.586.